The van der Waals surface area contributed by atoms with Crippen molar-refractivity contribution in [3.8, 4) is 0 Å². The van der Waals surface area contributed by atoms with E-state index in [1.54, 1.807) is 6.20 Å². The second-order valence-corrected chi connectivity index (χ2v) is 3.96. The minimum Gasteiger partial charge on any atom is -0.301 e. The largest absolute Gasteiger partial charge is 0.301 e. The van der Waals surface area contributed by atoms with Gasteiger partial charge < -0.3 is 5.32 Å². The molecule has 0 aromatic carbocycles. The highest BCUT2D eigenvalue weighted by molar-refractivity contribution is 7.13. The van der Waals surface area contributed by atoms with Gasteiger partial charge in [-0.15, -0.1) is 11.3 Å². The molecule has 1 amide bonds. The molecule has 1 fully saturated rings. The van der Waals surface area contributed by atoms with Crippen molar-refractivity contribution in [3.05, 3.63) is 11.6 Å². The molecule has 1 aromatic heterocycles. The number of anilines is 1. The summed E-state index contributed by atoms with van der Waals surface area (Å²) in [6.45, 7) is 2.29. The van der Waals surface area contributed by atoms with E-state index in [1.807, 2.05) is 10.4 Å². The van der Waals surface area contributed by atoms with Crippen LogP contribution in [-0.4, -0.2) is 35.5 Å². The Morgan fingerprint density at radius 3 is 3.36 bits per heavy atom. The van der Waals surface area contributed by atoms with Crippen LogP contribution in [0.4, 0.5) is 5.13 Å². The minimum absolute atomic E-state index is 0.0191. The van der Waals surface area contributed by atoms with E-state index < -0.39 is 0 Å². The average molecular weight is 212 g/mol. The Bertz CT molecular complexity index is 294. The molecule has 2 N–H and O–H groups in total. The summed E-state index contributed by atoms with van der Waals surface area (Å²) in [4.78, 5) is 15.4. The van der Waals surface area contributed by atoms with Gasteiger partial charge in [0.1, 0.15) is 0 Å². The molecule has 2 heterocycles. The third-order valence-electron chi connectivity index (χ3n) is 1.95. The second kappa shape index (κ2) is 4.50. The maximum Gasteiger partial charge on any atom is 0.241 e. The Hall–Kier alpha value is -0.980. The standard InChI is InChI=1S/C8H12N4OS/c13-7(6-12-4-1-2-10-12)11-8-9-3-5-14-8/h3,5,10H,1-2,4,6H2,(H,9,11,13). The summed E-state index contributed by atoms with van der Waals surface area (Å²) in [5.41, 5.74) is 3.12. The average Bonchev–Trinajstić information content (AvgIpc) is 2.76. The number of thiazole rings is 1. The van der Waals surface area contributed by atoms with Crippen molar-refractivity contribution in [2.75, 3.05) is 25.0 Å². The number of carbonyl (C=O) groups is 1. The number of amides is 1. The van der Waals surface area contributed by atoms with E-state index in [-0.39, 0.29) is 5.91 Å². The Morgan fingerprint density at radius 1 is 1.79 bits per heavy atom. The molecule has 2 rings (SSSR count). The molecule has 1 aromatic rings. The summed E-state index contributed by atoms with van der Waals surface area (Å²) >= 11 is 1.43. The Kier molecular flexibility index (Phi) is 3.07. The topological polar surface area (TPSA) is 57.3 Å². The van der Waals surface area contributed by atoms with Crippen LogP contribution in [0.1, 0.15) is 6.42 Å². The molecule has 6 heteroatoms. The molecule has 1 aliphatic heterocycles. The van der Waals surface area contributed by atoms with Gasteiger partial charge in [-0.1, -0.05) is 0 Å². The lowest BCUT2D eigenvalue weighted by atomic mass is 10.4. The van der Waals surface area contributed by atoms with Gasteiger partial charge in [-0.05, 0) is 6.42 Å². The van der Waals surface area contributed by atoms with Gasteiger partial charge >= 0.3 is 0 Å². The highest BCUT2D eigenvalue weighted by atomic mass is 32.1. The monoisotopic (exact) mass is 212 g/mol. The van der Waals surface area contributed by atoms with Crippen LogP contribution in [-0.2, 0) is 4.79 Å². The zero-order chi connectivity index (χ0) is 9.80. The van der Waals surface area contributed by atoms with Crippen molar-refractivity contribution in [1.29, 1.82) is 0 Å². The highest BCUT2D eigenvalue weighted by Crippen LogP contribution is 2.09. The Balaban J connectivity index is 1.78. The van der Waals surface area contributed by atoms with Gasteiger partial charge in [0.25, 0.3) is 0 Å². The van der Waals surface area contributed by atoms with Gasteiger partial charge in [-0.2, -0.15) is 0 Å². The molecule has 0 bridgehead atoms. The molecule has 5 nitrogen and oxygen atoms in total. The number of carbonyl (C=O) groups excluding carboxylic acids is 1. The van der Waals surface area contributed by atoms with E-state index >= 15 is 0 Å². The van der Waals surface area contributed by atoms with Crippen LogP contribution in [0.5, 0.6) is 0 Å². The van der Waals surface area contributed by atoms with Crippen LogP contribution in [0.15, 0.2) is 11.6 Å². The van der Waals surface area contributed by atoms with Crippen molar-refractivity contribution >= 4 is 22.4 Å². The van der Waals surface area contributed by atoms with Gasteiger partial charge in [0, 0.05) is 24.7 Å². The third kappa shape index (κ3) is 2.50. The van der Waals surface area contributed by atoms with E-state index in [2.05, 4.69) is 15.7 Å². The fraction of sp³-hybridized carbons (Fsp3) is 0.500. The fourth-order valence-electron chi connectivity index (χ4n) is 1.34. The van der Waals surface area contributed by atoms with Crippen molar-refractivity contribution in [2.24, 2.45) is 0 Å². The number of hydrogen-bond donors (Lipinski definition) is 2. The number of hydrogen-bond acceptors (Lipinski definition) is 5. The van der Waals surface area contributed by atoms with Gasteiger partial charge in [0.05, 0.1) is 6.54 Å². The molecule has 0 unspecified atom stereocenters. The predicted octanol–water partition coefficient (Wildman–Crippen LogP) is 0.292. The number of aromatic nitrogens is 1. The second-order valence-electron chi connectivity index (χ2n) is 3.07. The van der Waals surface area contributed by atoms with Crippen LogP contribution < -0.4 is 10.7 Å². The van der Waals surface area contributed by atoms with E-state index in [9.17, 15) is 4.79 Å². The summed E-state index contributed by atoms with van der Waals surface area (Å²) in [5.74, 6) is -0.0191. The zero-order valence-electron chi connectivity index (χ0n) is 7.69. The molecule has 0 atom stereocenters. The molecule has 0 radical (unpaired) electrons. The molecule has 14 heavy (non-hydrogen) atoms. The van der Waals surface area contributed by atoms with Crippen LogP contribution in [0.2, 0.25) is 0 Å². The lowest BCUT2D eigenvalue weighted by Crippen LogP contribution is -2.37. The minimum atomic E-state index is -0.0191. The summed E-state index contributed by atoms with van der Waals surface area (Å²) < 4.78 is 0. The van der Waals surface area contributed by atoms with E-state index in [1.165, 1.54) is 11.3 Å². The summed E-state index contributed by atoms with van der Waals surface area (Å²) in [6.07, 6.45) is 2.78. The summed E-state index contributed by atoms with van der Waals surface area (Å²) in [7, 11) is 0. The Labute approximate surface area is 86.1 Å². The van der Waals surface area contributed by atoms with Crippen molar-refractivity contribution < 1.29 is 4.79 Å². The lowest BCUT2D eigenvalue weighted by molar-refractivity contribution is -0.117. The van der Waals surface area contributed by atoms with Crippen molar-refractivity contribution in [1.82, 2.24) is 15.4 Å². The number of nitrogens with one attached hydrogen (secondary N) is 2. The van der Waals surface area contributed by atoms with Crippen LogP contribution in [0.25, 0.3) is 0 Å². The maximum absolute atomic E-state index is 11.4. The molecule has 1 aliphatic rings. The van der Waals surface area contributed by atoms with E-state index in [0.29, 0.717) is 11.7 Å². The van der Waals surface area contributed by atoms with Crippen LogP contribution in [0, 0.1) is 0 Å². The van der Waals surface area contributed by atoms with Crippen molar-refractivity contribution in [3.63, 3.8) is 0 Å². The summed E-state index contributed by atoms with van der Waals surface area (Å²) in [5, 5.41) is 7.15. The zero-order valence-corrected chi connectivity index (χ0v) is 8.51. The number of nitrogens with zero attached hydrogens (tertiary/aromatic N) is 2. The SMILES string of the molecule is O=C(CN1CCCN1)Nc1nccs1. The fourth-order valence-corrected chi connectivity index (χ4v) is 1.88. The quantitative estimate of drug-likeness (QED) is 0.756. The van der Waals surface area contributed by atoms with Crippen molar-refractivity contribution in [2.45, 2.75) is 6.42 Å². The molecule has 1 saturated heterocycles. The first-order valence-electron chi connectivity index (χ1n) is 4.52. The predicted molar refractivity (Wildman–Crippen MR) is 54.9 cm³/mol. The molecule has 76 valence electrons. The third-order valence-corrected chi connectivity index (χ3v) is 2.64. The number of rotatable bonds is 3. The van der Waals surface area contributed by atoms with Gasteiger partial charge in [0.2, 0.25) is 5.91 Å². The Morgan fingerprint density at radius 2 is 2.71 bits per heavy atom. The molecule has 0 saturated carbocycles. The van der Waals surface area contributed by atoms with Crippen LogP contribution >= 0.6 is 11.3 Å². The number of hydrazine groups is 1. The van der Waals surface area contributed by atoms with E-state index in [0.717, 1.165) is 19.5 Å². The smallest absolute Gasteiger partial charge is 0.241 e. The first kappa shape index (κ1) is 9.57. The maximum atomic E-state index is 11.4. The first-order valence-corrected chi connectivity index (χ1v) is 5.40. The highest BCUT2D eigenvalue weighted by Gasteiger charge is 2.14. The molecular weight excluding hydrogens is 200 g/mol. The lowest BCUT2D eigenvalue weighted by Gasteiger charge is -2.13. The van der Waals surface area contributed by atoms with E-state index in [4.69, 9.17) is 0 Å². The van der Waals surface area contributed by atoms with Gasteiger partial charge in [-0.3, -0.25) is 10.2 Å². The molecule has 0 spiro atoms. The first-order chi connectivity index (χ1) is 6.84. The molecule has 0 aliphatic carbocycles. The van der Waals surface area contributed by atoms with Gasteiger partial charge in [-0.25, -0.2) is 9.99 Å². The van der Waals surface area contributed by atoms with Crippen LogP contribution in [0.3, 0.4) is 0 Å². The van der Waals surface area contributed by atoms with Gasteiger partial charge in [0.15, 0.2) is 5.13 Å². The summed E-state index contributed by atoms with van der Waals surface area (Å²) in [6, 6.07) is 0. The molecular formula is C8H12N4OS. The normalized spacial score (nSPS) is 17.1.